The van der Waals surface area contributed by atoms with E-state index in [-0.39, 0.29) is 6.54 Å². The highest BCUT2D eigenvalue weighted by atomic mass is 16.5. The van der Waals surface area contributed by atoms with E-state index in [0.29, 0.717) is 12.4 Å². The van der Waals surface area contributed by atoms with Crippen LogP contribution in [0, 0.1) is 0 Å². The maximum atomic E-state index is 11.5. The summed E-state index contributed by atoms with van der Waals surface area (Å²) in [6.45, 7) is 1.59. The highest BCUT2D eigenvalue weighted by molar-refractivity contribution is 5.90. The van der Waals surface area contributed by atoms with Crippen LogP contribution < -0.4 is 15.8 Å². The number of primary amides is 1. The molecule has 7 nitrogen and oxygen atoms in total. The maximum absolute atomic E-state index is 11.5. The Kier molecular flexibility index (Phi) is 7.18. The predicted molar refractivity (Wildman–Crippen MR) is 79.8 cm³/mol. The van der Waals surface area contributed by atoms with Gasteiger partial charge >= 0.3 is 5.97 Å². The van der Waals surface area contributed by atoms with Gasteiger partial charge in [0, 0.05) is 11.6 Å². The van der Waals surface area contributed by atoms with E-state index < -0.39 is 24.4 Å². The van der Waals surface area contributed by atoms with Gasteiger partial charge in [0.2, 0.25) is 5.91 Å². The van der Waals surface area contributed by atoms with Gasteiger partial charge in [-0.1, -0.05) is 18.2 Å². The molecule has 0 aliphatic carbocycles. The summed E-state index contributed by atoms with van der Waals surface area (Å²) in [7, 11) is 0. The van der Waals surface area contributed by atoms with Crippen LogP contribution in [0.1, 0.15) is 12.5 Å². The SMILES string of the molecule is CCOc1ccccc1/C=C/C(=O)OCC(=O)NCC(N)=O. The summed E-state index contributed by atoms with van der Waals surface area (Å²) in [4.78, 5) is 33.2. The zero-order chi connectivity index (χ0) is 16.4. The normalized spacial score (nSPS) is 10.2. The van der Waals surface area contributed by atoms with Crippen molar-refractivity contribution in [1.29, 1.82) is 0 Å². The molecule has 0 bridgehead atoms. The molecule has 1 aromatic carbocycles. The summed E-state index contributed by atoms with van der Waals surface area (Å²) in [5, 5.41) is 2.20. The van der Waals surface area contributed by atoms with E-state index in [4.69, 9.17) is 15.2 Å². The highest BCUT2D eigenvalue weighted by Crippen LogP contribution is 2.19. The third kappa shape index (κ3) is 6.56. The lowest BCUT2D eigenvalue weighted by Crippen LogP contribution is -2.35. The van der Waals surface area contributed by atoms with Gasteiger partial charge in [-0.05, 0) is 19.1 Å². The van der Waals surface area contributed by atoms with Crippen molar-refractivity contribution in [3.05, 3.63) is 35.9 Å². The zero-order valence-corrected chi connectivity index (χ0v) is 12.2. The number of hydrogen-bond acceptors (Lipinski definition) is 5. The Bertz CT molecular complexity index is 569. The lowest BCUT2D eigenvalue weighted by Gasteiger charge is -2.06. The van der Waals surface area contributed by atoms with Crippen molar-refractivity contribution in [3.8, 4) is 5.75 Å². The van der Waals surface area contributed by atoms with Crippen LogP contribution in [0.5, 0.6) is 5.75 Å². The van der Waals surface area contributed by atoms with Crippen molar-refractivity contribution < 1.29 is 23.9 Å². The smallest absolute Gasteiger partial charge is 0.331 e. The van der Waals surface area contributed by atoms with E-state index >= 15 is 0 Å². The molecule has 3 N–H and O–H groups in total. The van der Waals surface area contributed by atoms with Crippen molar-refractivity contribution in [2.75, 3.05) is 19.8 Å². The minimum atomic E-state index is -0.680. The lowest BCUT2D eigenvalue weighted by atomic mass is 10.2. The standard InChI is InChI=1S/C15H18N2O5/c1-2-21-12-6-4-3-5-11(12)7-8-15(20)22-10-14(19)17-9-13(16)18/h3-8H,2,9-10H2,1H3,(H2,16,18)(H,17,19)/b8-7+. The second kappa shape index (κ2) is 9.17. The van der Waals surface area contributed by atoms with Gasteiger partial charge in [-0.25, -0.2) is 4.79 Å². The monoisotopic (exact) mass is 306 g/mol. The molecule has 118 valence electrons. The van der Waals surface area contributed by atoms with Crippen LogP contribution in [0.15, 0.2) is 30.3 Å². The molecule has 0 atom stereocenters. The molecule has 0 heterocycles. The molecule has 2 amide bonds. The van der Waals surface area contributed by atoms with Gasteiger partial charge in [0.25, 0.3) is 5.91 Å². The van der Waals surface area contributed by atoms with Gasteiger partial charge in [0.15, 0.2) is 6.61 Å². The van der Waals surface area contributed by atoms with Gasteiger partial charge in [-0.3, -0.25) is 9.59 Å². The van der Waals surface area contributed by atoms with Crippen LogP contribution in [0.25, 0.3) is 6.08 Å². The quantitative estimate of drug-likeness (QED) is 0.528. The minimum absolute atomic E-state index is 0.298. The predicted octanol–water partition coefficient (Wildman–Crippen LogP) is 0.243. The summed E-state index contributed by atoms with van der Waals surface area (Å²) >= 11 is 0. The molecule has 0 aliphatic heterocycles. The molecule has 0 aliphatic rings. The van der Waals surface area contributed by atoms with Gasteiger partial charge in [-0.15, -0.1) is 0 Å². The van der Waals surface area contributed by atoms with Crippen molar-refractivity contribution in [2.45, 2.75) is 6.92 Å². The number of nitrogens with two attached hydrogens (primary N) is 1. The Balaban J connectivity index is 2.48. The van der Waals surface area contributed by atoms with Crippen LogP contribution in [-0.2, 0) is 19.1 Å². The summed E-state index contributed by atoms with van der Waals surface area (Å²) in [5.41, 5.74) is 5.58. The summed E-state index contributed by atoms with van der Waals surface area (Å²) < 4.78 is 10.1. The lowest BCUT2D eigenvalue weighted by molar-refractivity contribution is -0.143. The first-order valence-electron chi connectivity index (χ1n) is 6.64. The molecule has 22 heavy (non-hydrogen) atoms. The Morgan fingerprint density at radius 2 is 2.00 bits per heavy atom. The third-order valence-corrected chi connectivity index (χ3v) is 2.42. The molecular formula is C15H18N2O5. The van der Waals surface area contributed by atoms with E-state index in [1.54, 1.807) is 12.1 Å². The zero-order valence-electron chi connectivity index (χ0n) is 12.2. The first kappa shape index (κ1) is 17.2. The summed E-state index contributed by atoms with van der Waals surface area (Å²) in [5.74, 6) is -1.31. The number of amides is 2. The number of esters is 1. The Morgan fingerprint density at radius 3 is 2.68 bits per heavy atom. The van der Waals surface area contributed by atoms with Crippen molar-refractivity contribution in [1.82, 2.24) is 5.32 Å². The van der Waals surface area contributed by atoms with Crippen LogP contribution in [-0.4, -0.2) is 37.5 Å². The second-order valence-electron chi connectivity index (χ2n) is 4.15. The first-order chi connectivity index (χ1) is 10.5. The minimum Gasteiger partial charge on any atom is -0.493 e. The molecule has 0 saturated carbocycles. The van der Waals surface area contributed by atoms with Crippen molar-refractivity contribution >= 4 is 23.9 Å². The number of benzene rings is 1. The van der Waals surface area contributed by atoms with Crippen molar-refractivity contribution in [2.24, 2.45) is 5.73 Å². The molecule has 0 fully saturated rings. The Labute approximate surface area is 128 Å². The topological polar surface area (TPSA) is 108 Å². The Hall–Kier alpha value is -2.83. The van der Waals surface area contributed by atoms with Gasteiger partial charge in [0.1, 0.15) is 5.75 Å². The summed E-state index contributed by atoms with van der Waals surface area (Å²) in [6.07, 6.45) is 2.73. The second-order valence-corrected chi connectivity index (χ2v) is 4.15. The number of carbonyl (C=O) groups excluding carboxylic acids is 3. The molecule has 0 saturated heterocycles. The molecule has 0 aromatic heterocycles. The number of nitrogens with one attached hydrogen (secondary N) is 1. The number of hydrogen-bond donors (Lipinski definition) is 2. The highest BCUT2D eigenvalue weighted by Gasteiger charge is 2.06. The number of para-hydroxylation sites is 1. The van der Waals surface area contributed by atoms with E-state index in [2.05, 4.69) is 5.32 Å². The molecule has 7 heteroatoms. The van der Waals surface area contributed by atoms with Crippen LogP contribution >= 0.6 is 0 Å². The van der Waals surface area contributed by atoms with Crippen LogP contribution in [0.4, 0.5) is 0 Å². The average molecular weight is 306 g/mol. The molecule has 0 spiro atoms. The fourth-order valence-electron chi connectivity index (χ4n) is 1.48. The van der Waals surface area contributed by atoms with E-state index in [9.17, 15) is 14.4 Å². The summed E-state index contributed by atoms with van der Waals surface area (Å²) in [6, 6.07) is 7.20. The average Bonchev–Trinajstić information content (AvgIpc) is 2.50. The van der Waals surface area contributed by atoms with E-state index in [1.165, 1.54) is 12.2 Å². The fourth-order valence-corrected chi connectivity index (χ4v) is 1.48. The molecule has 1 aromatic rings. The molecular weight excluding hydrogens is 288 g/mol. The maximum Gasteiger partial charge on any atom is 0.331 e. The van der Waals surface area contributed by atoms with Crippen LogP contribution in [0.3, 0.4) is 0 Å². The molecule has 0 radical (unpaired) electrons. The van der Waals surface area contributed by atoms with E-state index in [0.717, 1.165) is 5.56 Å². The van der Waals surface area contributed by atoms with Crippen molar-refractivity contribution in [3.63, 3.8) is 0 Å². The van der Waals surface area contributed by atoms with Gasteiger partial charge < -0.3 is 20.5 Å². The number of carbonyl (C=O) groups is 3. The Morgan fingerprint density at radius 1 is 1.27 bits per heavy atom. The van der Waals surface area contributed by atoms with Gasteiger partial charge in [-0.2, -0.15) is 0 Å². The largest absolute Gasteiger partial charge is 0.493 e. The first-order valence-corrected chi connectivity index (χ1v) is 6.64. The molecule has 1 rings (SSSR count). The van der Waals surface area contributed by atoms with Gasteiger partial charge in [0.05, 0.1) is 13.2 Å². The van der Waals surface area contributed by atoms with E-state index in [1.807, 2.05) is 19.1 Å². The van der Waals surface area contributed by atoms with Crippen LogP contribution in [0.2, 0.25) is 0 Å². The molecule has 0 unspecified atom stereocenters. The number of rotatable bonds is 8. The number of ether oxygens (including phenoxy) is 2. The third-order valence-electron chi connectivity index (χ3n) is 2.42. The fraction of sp³-hybridized carbons (Fsp3) is 0.267.